The van der Waals surface area contributed by atoms with Gasteiger partial charge in [0, 0.05) is 19.3 Å². The lowest BCUT2D eigenvalue weighted by Crippen LogP contribution is -2.42. The molecule has 0 saturated carbocycles. The summed E-state index contributed by atoms with van der Waals surface area (Å²) < 4.78 is 0. The van der Waals surface area contributed by atoms with Gasteiger partial charge in [0.05, 0.1) is 5.92 Å². The maximum Gasteiger partial charge on any atom is 0.308 e. The molecule has 2 heterocycles. The summed E-state index contributed by atoms with van der Waals surface area (Å²) in [5.41, 5.74) is -0.0245. The summed E-state index contributed by atoms with van der Waals surface area (Å²) in [6, 6.07) is 2.92. The number of carboxylic acid groups (broad SMARTS) is 1. The number of aromatic hydroxyl groups is 1. The first-order valence-electron chi connectivity index (χ1n) is 5.75. The number of carbonyl (C=O) groups is 2. The molecule has 2 N–H and O–H groups in total. The van der Waals surface area contributed by atoms with Gasteiger partial charge in [-0.2, -0.15) is 0 Å². The van der Waals surface area contributed by atoms with Crippen molar-refractivity contribution in [3.8, 4) is 5.75 Å². The SMILES string of the molecule is O=C(O)[C@H]1CCCN(C(=O)c2ncccc2O)C1. The third-order valence-corrected chi connectivity index (χ3v) is 3.05. The number of rotatable bonds is 2. The highest BCUT2D eigenvalue weighted by atomic mass is 16.4. The number of amides is 1. The van der Waals surface area contributed by atoms with E-state index < -0.39 is 17.8 Å². The van der Waals surface area contributed by atoms with E-state index in [1.807, 2.05) is 0 Å². The van der Waals surface area contributed by atoms with Gasteiger partial charge in [-0.1, -0.05) is 0 Å². The zero-order chi connectivity index (χ0) is 13.1. The highest BCUT2D eigenvalue weighted by molar-refractivity contribution is 5.95. The highest BCUT2D eigenvalue weighted by Crippen LogP contribution is 2.21. The van der Waals surface area contributed by atoms with Crippen molar-refractivity contribution >= 4 is 11.9 Å². The molecule has 0 radical (unpaired) electrons. The van der Waals surface area contributed by atoms with Crippen molar-refractivity contribution in [3.63, 3.8) is 0 Å². The fourth-order valence-corrected chi connectivity index (χ4v) is 2.07. The third-order valence-electron chi connectivity index (χ3n) is 3.05. The van der Waals surface area contributed by atoms with E-state index in [1.165, 1.54) is 23.2 Å². The van der Waals surface area contributed by atoms with Gasteiger partial charge in [-0.05, 0) is 25.0 Å². The zero-order valence-corrected chi connectivity index (χ0v) is 9.74. The van der Waals surface area contributed by atoms with E-state index in [1.54, 1.807) is 0 Å². The fourth-order valence-electron chi connectivity index (χ4n) is 2.07. The monoisotopic (exact) mass is 250 g/mol. The topological polar surface area (TPSA) is 90.7 Å². The summed E-state index contributed by atoms with van der Waals surface area (Å²) in [7, 11) is 0. The van der Waals surface area contributed by atoms with E-state index in [0.717, 1.165) is 0 Å². The Kier molecular flexibility index (Phi) is 3.45. The van der Waals surface area contributed by atoms with Crippen LogP contribution in [0.25, 0.3) is 0 Å². The zero-order valence-electron chi connectivity index (χ0n) is 9.74. The van der Waals surface area contributed by atoms with Crippen LogP contribution < -0.4 is 0 Å². The number of piperidine rings is 1. The third kappa shape index (κ3) is 2.42. The van der Waals surface area contributed by atoms with Crippen LogP contribution in [-0.2, 0) is 4.79 Å². The smallest absolute Gasteiger partial charge is 0.308 e. The van der Waals surface area contributed by atoms with Gasteiger partial charge in [-0.25, -0.2) is 4.98 Å². The number of carboxylic acids is 1. The Balaban J connectivity index is 2.14. The predicted molar refractivity (Wildman–Crippen MR) is 62.2 cm³/mol. The Morgan fingerprint density at radius 2 is 2.22 bits per heavy atom. The molecule has 1 aromatic rings. The number of hydrogen-bond acceptors (Lipinski definition) is 4. The molecule has 1 atom stereocenters. The number of aromatic nitrogens is 1. The molecule has 6 nitrogen and oxygen atoms in total. The second-order valence-corrected chi connectivity index (χ2v) is 4.30. The molecule has 1 fully saturated rings. The molecule has 18 heavy (non-hydrogen) atoms. The van der Waals surface area contributed by atoms with Crippen molar-refractivity contribution in [2.45, 2.75) is 12.8 Å². The molecule has 96 valence electrons. The molecular weight excluding hydrogens is 236 g/mol. The van der Waals surface area contributed by atoms with Gasteiger partial charge in [0.25, 0.3) is 5.91 Å². The van der Waals surface area contributed by atoms with Crippen molar-refractivity contribution < 1.29 is 19.8 Å². The quantitative estimate of drug-likeness (QED) is 0.807. The molecule has 1 amide bonds. The molecule has 1 aliphatic rings. The molecule has 1 aromatic heterocycles. The lowest BCUT2D eigenvalue weighted by atomic mass is 9.98. The maximum atomic E-state index is 12.1. The van der Waals surface area contributed by atoms with Crippen LogP contribution in [0.15, 0.2) is 18.3 Å². The van der Waals surface area contributed by atoms with Crippen LogP contribution in [0.3, 0.4) is 0 Å². The normalized spacial score (nSPS) is 19.6. The Morgan fingerprint density at radius 3 is 2.89 bits per heavy atom. The molecular formula is C12H14N2O4. The summed E-state index contributed by atoms with van der Waals surface area (Å²) in [5.74, 6) is -2.02. The molecule has 0 aliphatic carbocycles. The van der Waals surface area contributed by atoms with Crippen molar-refractivity contribution in [1.82, 2.24) is 9.88 Å². The number of pyridine rings is 1. The highest BCUT2D eigenvalue weighted by Gasteiger charge is 2.30. The molecule has 0 bridgehead atoms. The second kappa shape index (κ2) is 5.03. The number of likely N-dealkylation sites (tertiary alicyclic amines) is 1. The number of hydrogen-bond donors (Lipinski definition) is 2. The predicted octanol–water partition coefficient (Wildman–Crippen LogP) is 0.724. The van der Waals surface area contributed by atoms with Gasteiger partial charge in [0.1, 0.15) is 5.75 Å². The van der Waals surface area contributed by atoms with Gasteiger partial charge < -0.3 is 15.1 Å². The first kappa shape index (κ1) is 12.3. The van der Waals surface area contributed by atoms with E-state index in [9.17, 15) is 14.7 Å². The van der Waals surface area contributed by atoms with Gasteiger partial charge in [0.15, 0.2) is 5.69 Å². The van der Waals surface area contributed by atoms with Crippen LogP contribution in [0, 0.1) is 5.92 Å². The first-order chi connectivity index (χ1) is 8.59. The minimum atomic E-state index is -0.891. The van der Waals surface area contributed by atoms with Crippen LogP contribution in [0.1, 0.15) is 23.3 Å². The Bertz CT molecular complexity index is 475. The van der Waals surface area contributed by atoms with Crippen molar-refractivity contribution in [2.75, 3.05) is 13.1 Å². The molecule has 1 saturated heterocycles. The Hall–Kier alpha value is -2.11. The van der Waals surface area contributed by atoms with Gasteiger partial charge in [0.2, 0.25) is 0 Å². The van der Waals surface area contributed by atoms with Gasteiger partial charge in [-0.15, -0.1) is 0 Å². The lowest BCUT2D eigenvalue weighted by Gasteiger charge is -2.30. The van der Waals surface area contributed by atoms with E-state index in [2.05, 4.69) is 4.98 Å². The average Bonchev–Trinajstić information content (AvgIpc) is 2.38. The van der Waals surface area contributed by atoms with Gasteiger partial charge in [-0.3, -0.25) is 9.59 Å². The molecule has 1 aliphatic heterocycles. The number of nitrogens with zero attached hydrogens (tertiary/aromatic N) is 2. The van der Waals surface area contributed by atoms with E-state index in [0.29, 0.717) is 19.4 Å². The first-order valence-corrected chi connectivity index (χ1v) is 5.75. The minimum Gasteiger partial charge on any atom is -0.505 e. The molecule has 0 aromatic carbocycles. The van der Waals surface area contributed by atoms with Crippen LogP contribution in [-0.4, -0.2) is 45.1 Å². The second-order valence-electron chi connectivity index (χ2n) is 4.30. The molecule has 0 unspecified atom stereocenters. The summed E-state index contributed by atoms with van der Waals surface area (Å²) >= 11 is 0. The fraction of sp³-hybridized carbons (Fsp3) is 0.417. The van der Waals surface area contributed by atoms with E-state index in [-0.39, 0.29) is 18.0 Å². The molecule has 0 spiro atoms. The maximum absolute atomic E-state index is 12.1. The van der Waals surface area contributed by atoms with Crippen LogP contribution >= 0.6 is 0 Å². The van der Waals surface area contributed by atoms with Crippen LogP contribution in [0.2, 0.25) is 0 Å². The van der Waals surface area contributed by atoms with Crippen molar-refractivity contribution in [3.05, 3.63) is 24.0 Å². The number of carbonyl (C=O) groups excluding carboxylic acids is 1. The van der Waals surface area contributed by atoms with Crippen molar-refractivity contribution in [2.24, 2.45) is 5.92 Å². The van der Waals surface area contributed by atoms with Crippen molar-refractivity contribution in [1.29, 1.82) is 0 Å². The minimum absolute atomic E-state index is 0.0245. The summed E-state index contributed by atoms with van der Waals surface area (Å²) in [4.78, 5) is 28.3. The summed E-state index contributed by atoms with van der Waals surface area (Å²) in [5, 5.41) is 18.5. The molecule has 2 rings (SSSR count). The van der Waals surface area contributed by atoms with Crippen LogP contribution in [0.5, 0.6) is 5.75 Å². The Morgan fingerprint density at radius 1 is 1.44 bits per heavy atom. The number of aliphatic carboxylic acids is 1. The molecule has 6 heteroatoms. The van der Waals surface area contributed by atoms with Gasteiger partial charge >= 0.3 is 5.97 Å². The van der Waals surface area contributed by atoms with E-state index >= 15 is 0 Å². The largest absolute Gasteiger partial charge is 0.505 e. The Labute approximate surface area is 104 Å². The lowest BCUT2D eigenvalue weighted by molar-refractivity contribution is -0.143. The van der Waals surface area contributed by atoms with E-state index in [4.69, 9.17) is 5.11 Å². The average molecular weight is 250 g/mol. The summed E-state index contributed by atoms with van der Waals surface area (Å²) in [6.07, 6.45) is 2.65. The summed E-state index contributed by atoms with van der Waals surface area (Å²) in [6.45, 7) is 0.669. The standard InChI is InChI=1S/C12H14N2O4/c15-9-4-1-5-13-10(9)11(16)14-6-2-3-8(7-14)12(17)18/h1,4-5,8,15H,2-3,6-7H2,(H,17,18)/t8-/m0/s1. The van der Waals surface area contributed by atoms with Crippen LogP contribution in [0.4, 0.5) is 0 Å².